The Hall–Kier alpha value is -2.62. The Kier molecular flexibility index (Phi) is 5.33. The SMILES string of the molecule is CC(Sc1ccc(F)c(F)c1)C(=O)N1CC(=O)Nc2cc(C(F)(F)F)ccc21. The van der Waals surface area contributed by atoms with Gasteiger partial charge < -0.3 is 5.32 Å². The smallest absolute Gasteiger partial charge is 0.323 e. The number of hydrogen-bond acceptors (Lipinski definition) is 3. The Bertz CT molecular complexity index is 948. The van der Waals surface area contributed by atoms with Crippen LogP contribution in [0.4, 0.5) is 33.3 Å². The molecule has 148 valence electrons. The first-order valence-corrected chi connectivity index (χ1v) is 8.88. The molecular formula is C18H13F5N2O2S. The second kappa shape index (κ2) is 7.42. The van der Waals surface area contributed by atoms with E-state index in [1.807, 2.05) is 0 Å². The van der Waals surface area contributed by atoms with Gasteiger partial charge in [0, 0.05) is 4.90 Å². The molecule has 0 aromatic heterocycles. The quantitative estimate of drug-likeness (QED) is 0.594. The molecule has 1 aliphatic rings. The summed E-state index contributed by atoms with van der Waals surface area (Å²) in [7, 11) is 0. The van der Waals surface area contributed by atoms with Crippen molar-refractivity contribution in [3.8, 4) is 0 Å². The minimum absolute atomic E-state index is 0.121. The van der Waals surface area contributed by atoms with Crippen LogP contribution in [0, 0.1) is 11.6 Å². The fourth-order valence-electron chi connectivity index (χ4n) is 2.69. The predicted molar refractivity (Wildman–Crippen MR) is 94.1 cm³/mol. The van der Waals surface area contributed by atoms with Crippen molar-refractivity contribution in [1.82, 2.24) is 0 Å². The van der Waals surface area contributed by atoms with Gasteiger partial charge in [-0.15, -0.1) is 11.8 Å². The minimum atomic E-state index is -4.60. The number of hydrogen-bond donors (Lipinski definition) is 1. The molecule has 0 saturated heterocycles. The molecule has 3 rings (SSSR count). The molecule has 1 atom stereocenters. The monoisotopic (exact) mass is 416 g/mol. The Labute approximate surface area is 160 Å². The van der Waals surface area contributed by atoms with E-state index in [-0.39, 0.29) is 17.9 Å². The predicted octanol–water partition coefficient (Wildman–Crippen LogP) is 4.45. The Balaban J connectivity index is 1.85. The summed E-state index contributed by atoms with van der Waals surface area (Å²) in [5, 5.41) is 1.53. The average Bonchev–Trinajstić information content (AvgIpc) is 2.62. The summed E-state index contributed by atoms with van der Waals surface area (Å²) < 4.78 is 65.0. The third kappa shape index (κ3) is 4.11. The number of carbonyl (C=O) groups excluding carboxylic acids is 2. The van der Waals surface area contributed by atoms with E-state index in [1.165, 1.54) is 13.0 Å². The Morgan fingerprint density at radius 2 is 1.86 bits per heavy atom. The maximum absolute atomic E-state index is 13.3. The third-order valence-electron chi connectivity index (χ3n) is 4.01. The highest BCUT2D eigenvalue weighted by Crippen LogP contribution is 2.38. The lowest BCUT2D eigenvalue weighted by Crippen LogP contribution is -2.45. The molecule has 0 bridgehead atoms. The number of anilines is 2. The van der Waals surface area contributed by atoms with Gasteiger partial charge in [0.2, 0.25) is 11.8 Å². The van der Waals surface area contributed by atoms with Crippen molar-refractivity contribution in [3.05, 3.63) is 53.6 Å². The molecule has 0 radical (unpaired) electrons. The summed E-state index contributed by atoms with van der Waals surface area (Å²) in [6.45, 7) is 1.14. The topological polar surface area (TPSA) is 49.4 Å². The maximum Gasteiger partial charge on any atom is 0.416 e. The van der Waals surface area contributed by atoms with Gasteiger partial charge >= 0.3 is 6.18 Å². The van der Waals surface area contributed by atoms with Crippen molar-refractivity contribution < 1.29 is 31.5 Å². The number of thioether (sulfide) groups is 1. The van der Waals surface area contributed by atoms with E-state index < -0.39 is 40.4 Å². The van der Waals surface area contributed by atoms with Gasteiger partial charge in [-0.25, -0.2) is 8.78 Å². The summed E-state index contributed by atoms with van der Waals surface area (Å²) in [6.07, 6.45) is -4.60. The normalized spacial score (nSPS) is 15.1. The van der Waals surface area contributed by atoms with E-state index in [4.69, 9.17) is 0 Å². The summed E-state index contributed by atoms with van der Waals surface area (Å²) in [5.41, 5.74) is -0.940. The third-order valence-corrected chi connectivity index (χ3v) is 5.09. The molecule has 0 fully saturated rings. The highest BCUT2D eigenvalue weighted by molar-refractivity contribution is 8.00. The van der Waals surface area contributed by atoms with Crippen LogP contribution in [0.5, 0.6) is 0 Å². The first-order valence-electron chi connectivity index (χ1n) is 8.00. The van der Waals surface area contributed by atoms with Gasteiger partial charge in [-0.1, -0.05) is 0 Å². The highest BCUT2D eigenvalue weighted by atomic mass is 32.2. The number of nitrogens with zero attached hydrogens (tertiary/aromatic N) is 1. The van der Waals surface area contributed by atoms with Gasteiger partial charge in [-0.05, 0) is 43.3 Å². The van der Waals surface area contributed by atoms with Crippen molar-refractivity contribution in [2.45, 2.75) is 23.2 Å². The van der Waals surface area contributed by atoms with E-state index in [1.54, 1.807) is 0 Å². The standard InChI is InChI=1S/C18H13F5N2O2S/c1-9(28-11-3-4-12(19)13(20)7-11)17(27)25-8-16(26)24-14-6-10(18(21,22)23)2-5-15(14)25/h2-7,9H,8H2,1H3,(H,24,26). The lowest BCUT2D eigenvalue weighted by Gasteiger charge is -2.31. The molecule has 0 saturated carbocycles. The first-order chi connectivity index (χ1) is 13.1. The number of benzene rings is 2. The minimum Gasteiger partial charge on any atom is -0.323 e. The molecule has 1 heterocycles. The molecule has 2 aromatic carbocycles. The van der Waals surface area contributed by atoms with E-state index in [0.29, 0.717) is 4.90 Å². The molecule has 0 spiro atoms. The summed E-state index contributed by atoms with van der Waals surface area (Å²) >= 11 is 0.942. The van der Waals surface area contributed by atoms with Crippen LogP contribution < -0.4 is 10.2 Å². The van der Waals surface area contributed by atoms with Crippen molar-refractivity contribution >= 4 is 35.0 Å². The second-order valence-electron chi connectivity index (χ2n) is 6.04. The number of halogens is 5. The molecule has 2 aromatic rings. The van der Waals surface area contributed by atoms with E-state index >= 15 is 0 Å². The van der Waals surface area contributed by atoms with Crippen LogP contribution >= 0.6 is 11.8 Å². The van der Waals surface area contributed by atoms with Crippen molar-refractivity contribution in [3.63, 3.8) is 0 Å². The molecule has 1 unspecified atom stereocenters. The van der Waals surface area contributed by atoms with Gasteiger partial charge in [0.25, 0.3) is 0 Å². The molecule has 4 nitrogen and oxygen atoms in total. The van der Waals surface area contributed by atoms with Crippen molar-refractivity contribution in [1.29, 1.82) is 0 Å². The summed E-state index contributed by atoms with van der Waals surface area (Å²) in [5.74, 6) is -3.27. The number of amides is 2. The Morgan fingerprint density at radius 3 is 2.50 bits per heavy atom. The lowest BCUT2D eigenvalue weighted by molar-refractivity contribution is -0.137. The average molecular weight is 416 g/mol. The van der Waals surface area contributed by atoms with Gasteiger partial charge in [0.05, 0.1) is 22.2 Å². The van der Waals surface area contributed by atoms with Crippen molar-refractivity contribution in [2.24, 2.45) is 0 Å². The molecular weight excluding hydrogens is 403 g/mol. The maximum atomic E-state index is 13.3. The summed E-state index contributed by atoms with van der Waals surface area (Å²) in [4.78, 5) is 26.0. The zero-order chi connectivity index (χ0) is 20.6. The molecule has 1 N–H and O–H groups in total. The number of rotatable bonds is 3. The van der Waals surface area contributed by atoms with E-state index in [9.17, 15) is 31.5 Å². The van der Waals surface area contributed by atoms with Crippen LogP contribution in [-0.4, -0.2) is 23.6 Å². The number of nitrogens with one attached hydrogen (secondary N) is 1. The highest BCUT2D eigenvalue weighted by Gasteiger charge is 2.35. The van der Waals surface area contributed by atoms with Crippen LogP contribution in [0.1, 0.15) is 12.5 Å². The van der Waals surface area contributed by atoms with Crippen molar-refractivity contribution in [2.75, 3.05) is 16.8 Å². The van der Waals surface area contributed by atoms with Gasteiger partial charge in [0.15, 0.2) is 11.6 Å². The van der Waals surface area contributed by atoms with Gasteiger partial charge in [0.1, 0.15) is 6.54 Å². The number of carbonyl (C=O) groups is 2. The van der Waals surface area contributed by atoms with Gasteiger partial charge in [-0.2, -0.15) is 13.2 Å². The van der Waals surface area contributed by atoms with Gasteiger partial charge in [-0.3, -0.25) is 14.5 Å². The van der Waals surface area contributed by atoms with E-state index in [0.717, 1.165) is 47.0 Å². The Morgan fingerprint density at radius 1 is 1.14 bits per heavy atom. The molecule has 28 heavy (non-hydrogen) atoms. The van der Waals surface area contributed by atoms with Crippen LogP contribution in [0.25, 0.3) is 0 Å². The molecule has 10 heteroatoms. The largest absolute Gasteiger partial charge is 0.416 e. The summed E-state index contributed by atoms with van der Waals surface area (Å²) in [6, 6.07) is 5.88. The van der Waals surface area contributed by atoms with Crippen LogP contribution in [0.15, 0.2) is 41.3 Å². The number of alkyl halides is 3. The second-order valence-corrected chi connectivity index (χ2v) is 7.45. The van der Waals surface area contributed by atoms with Crippen LogP contribution in [-0.2, 0) is 15.8 Å². The van der Waals surface area contributed by atoms with E-state index in [2.05, 4.69) is 5.32 Å². The fraction of sp³-hybridized carbons (Fsp3) is 0.222. The molecule has 2 amide bonds. The van der Waals surface area contributed by atoms with Crippen LogP contribution in [0.2, 0.25) is 0 Å². The zero-order valence-electron chi connectivity index (χ0n) is 14.3. The lowest BCUT2D eigenvalue weighted by atomic mass is 10.1. The first kappa shape index (κ1) is 20.1. The van der Waals surface area contributed by atoms with Crippen LogP contribution in [0.3, 0.4) is 0 Å². The molecule has 0 aliphatic carbocycles. The molecule has 1 aliphatic heterocycles. The fourth-order valence-corrected chi connectivity index (χ4v) is 3.64. The zero-order valence-corrected chi connectivity index (χ0v) is 15.1. The number of fused-ring (bicyclic) bond motifs is 1.